The average molecular weight is 263 g/mol. The quantitative estimate of drug-likeness (QED) is 0.853. The van der Waals surface area contributed by atoms with Gasteiger partial charge in [0.25, 0.3) is 5.56 Å². The zero-order chi connectivity index (χ0) is 13.8. The summed E-state index contributed by atoms with van der Waals surface area (Å²) < 4.78 is 1.63. The maximum absolute atomic E-state index is 12.1. The first-order chi connectivity index (χ1) is 9.11. The molecule has 1 aromatic heterocycles. The molecule has 0 bridgehead atoms. The van der Waals surface area contributed by atoms with E-state index in [1.165, 1.54) is 6.07 Å². The van der Waals surface area contributed by atoms with E-state index in [1.807, 2.05) is 6.92 Å². The highest BCUT2D eigenvalue weighted by Gasteiger charge is 2.29. The third kappa shape index (κ3) is 3.23. The first kappa shape index (κ1) is 13.8. The number of nitrogens with zero attached hydrogens (tertiary/aromatic N) is 1. The van der Waals surface area contributed by atoms with Gasteiger partial charge in [0.1, 0.15) is 0 Å². The third-order valence-electron chi connectivity index (χ3n) is 3.57. The second-order valence-electron chi connectivity index (χ2n) is 5.18. The van der Waals surface area contributed by atoms with E-state index in [9.17, 15) is 9.59 Å². The van der Waals surface area contributed by atoms with Gasteiger partial charge in [0.05, 0.1) is 11.6 Å². The summed E-state index contributed by atoms with van der Waals surface area (Å²) >= 11 is 0. The molecule has 2 N–H and O–H groups in total. The van der Waals surface area contributed by atoms with Crippen molar-refractivity contribution in [2.75, 3.05) is 18.4 Å². The predicted octanol–water partition coefficient (Wildman–Crippen LogP) is 1.05. The standard InChI is InChI=1S/C14H21N3O2/c1-3-6-17-9-11(4-5-13(17)18)16-14(19)12-8-15-7-10(12)2/h4-5,9-10,12,15H,3,6-8H2,1-2H3,(H,16,19)/t10-,12-/m1/s1. The van der Waals surface area contributed by atoms with Crippen LogP contribution in [0.5, 0.6) is 0 Å². The van der Waals surface area contributed by atoms with Gasteiger partial charge in [0.15, 0.2) is 0 Å². The molecule has 0 aromatic carbocycles. The SMILES string of the molecule is CCCn1cc(NC(=O)[C@@H]2CNC[C@H]2C)ccc1=O. The Morgan fingerprint density at radius 2 is 2.26 bits per heavy atom. The van der Waals surface area contributed by atoms with Crippen LogP contribution in [0.15, 0.2) is 23.1 Å². The Balaban J connectivity index is 2.08. The number of carbonyl (C=O) groups excluding carboxylic acids is 1. The molecule has 2 atom stereocenters. The van der Waals surface area contributed by atoms with E-state index < -0.39 is 0 Å². The Hall–Kier alpha value is -1.62. The largest absolute Gasteiger partial charge is 0.324 e. The summed E-state index contributed by atoms with van der Waals surface area (Å²) in [6.07, 6.45) is 2.61. The molecule has 1 saturated heterocycles. The Labute approximate surface area is 113 Å². The van der Waals surface area contributed by atoms with Crippen LogP contribution in [0.3, 0.4) is 0 Å². The van der Waals surface area contributed by atoms with Gasteiger partial charge in [-0.3, -0.25) is 9.59 Å². The molecule has 1 aliphatic heterocycles. The monoisotopic (exact) mass is 263 g/mol. The third-order valence-corrected chi connectivity index (χ3v) is 3.57. The fourth-order valence-corrected chi connectivity index (χ4v) is 2.42. The number of amides is 1. The molecule has 0 unspecified atom stereocenters. The van der Waals surface area contributed by atoms with E-state index in [-0.39, 0.29) is 17.4 Å². The van der Waals surface area contributed by atoms with Crippen LogP contribution in [-0.2, 0) is 11.3 Å². The van der Waals surface area contributed by atoms with Gasteiger partial charge in [0.2, 0.25) is 5.91 Å². The lowest BCUT2D eigenvalue weighted by molar-refractivity contribution is -0.120. The fraction of sp³-hybridized carbons (Fsp3) is 0.571. The van der Waals surface area contributed by atoms with Gasteiger partial charge in [-0.25, -0.2) is 0 Å². The zero-order valence-electron chi connectivity index (χ0n) is 11.5. The van der Waals surface area contributed by atoms with E-state index in [0.717, 1.165) is 19.5 Å². The van der Waals surface area contributed by atoms with Crippen LogP contribution in [-0.4, -0.2) is 23.6 Å². The van der Waals surface area contributed by atoms with Crippen LogP contribution < -0.4 is 16.2 Å². The number of rotatable bonds is 4. The van der Waals surface area contributed by atoms with Gasteiger partial charge in [-0.2, -0.15) is 0 Å². The van der Waals surface area contributed by atoms with Gasteiger partial charge in [-0.1, -0.05) is 13.8 Å². The highest BCUT2D eigenvalue weighted by atomic mass is 16.2. The van der Waals surface area contributed by atoms with Gasteiger partial charge < -0.3 is 15.2 Å². The molecule has 0 radical (unpaired) electrons. The lowest BCUT2D eigenvalue weighted by Crippen LogP contribution is -2.28. The molecule has 2 rings (SSSR count). The Morgan fingerprint density at radius 1 is 1.47 bits per heavy atom. The summed E-state index contributed by atoms with van der Waals surface area (Å²) in [6.45, 7) is 6.37. The van der Waals surface area contributed by atoms with Gasteiger partial charge in [-0.05, 0) is 24.9 Å². The average Bonchev–Trinajstić information content (AvgIpc) is 2.80. The smallest absolute Gasteiger partial charge is 0.250 e. The van der Waals surface area contributed by atoms with E-state index in [0.29, 0.717) is 18.2 Å². The maximum Gasteiger partial charge on any atom is 0.250 e. The minimum Gasteiger partial charge on any atom is -0.324 e. The van der Waals surface area contributed by atoms with Crippen molar-refractivity contribution < 1.29 is 4.79 Å². The van der Waals surface area contributed by atoms with Crippen molar-refractivity contribution in [3.8, 4) is 0 Å². The zero-order valence-corrected chi connectivity index (χ0v) is 11.5. The molecule has 1 aromatic rings. The molecule has 0 aliphatic carbocycles. The second-order valence-corrected chi connectivity index (χ2v) is 5.18. The number of hydrogen-bond acceptors (Lipinski definition) is 3. The predicted molar refractivity (Wildman–Crippen MR) is 75.1 cm³/mol. The number of hydrogen-bond donors (Lipinski definition) is 2. The Morgan fingerprint density at radius 3 is 2.89 bits per heavy atom. The van der Waals surface area contributed by atoms with Gasteiger partial charge >= 0.3 is 0 Å². The normalized spacial score (nSPS) is 22.4. The van der Waals surface area contributed by atoms with E-state index in [1.54, 1.807) is 16.8 Å². The van der Waals surface area contributed by atoms with Gasteiger partial charge in [0, 0.05) is 25.4 Å². The van der Waals surface area contributed by atoms with Crippen LogP contribution in [0, 0.1) is 11.8 Å². The van der Waals surface area contributed by atoms with Crippen LogP contribution in [0.25, 0.3) is 0 Å². The maximum atomic E-state index is 12.1. The fourth-order valence-electron chi connectivity index (χ4n) is 2.42. The highest BCUT2D eigenvalue weighted by Crippen LogP contribution is 2.18. The van der Waals surface area contributed by atoms with Gasteiger partial charge in [-0.15, -0.1) is 0 Å². The summed E-state index contributed by atoms with van der Waals surface area (Å²) in [5, 5.41) is 6.12. The van der Waals surface area contributed by atoms with E-state index >= 15 is 0 Å². The number of nitrogens with one attached hydrogen (secondary N) is 2. The number of carbonyl (C=O) groups is 1. The van der Waals surface area contributed by atoms with Crippen LogP contribution in [0.2, 0.25) is 0 Å². The van der Waals surface area contributed by atoms with Crippen molar-refractivity contribution >= 4 is 11.6 Å². The lowest BCUT2D eigenvalue weighted by Gasteiger charge is -2.15. The molecule has 0 saturated carbocycles. The Kier molecular flexibility index (Phi) is 4.37. The minimum absolute atomic E-state index is 0.00607. The van der Waals surface area contributed by atoms with Crippen molar-refractivity contribution in [1.82, 2.24) is 9.88 Å². The van der Waals surface area contributed by atoms with Crippen molar-refractivity contribution in [3.63, 3.8) is 0 Å². The van der Waals surface area contributed by atoms with E-state index in [4.69, 9.17) is 0 Å². The molecular formula is C14H21N3O2. The van der Waals surface area contributed by atoms with Crippen molar-refractivity contribution in [2.24, 2.45) is 11.8 Å². The van der Waals surface area contributed by atoms with Crippen LogP contribution >= 0.6 is 0 Å². The summed E-state index contributed by atoms with van der Waals surface area (Å²) in [5.74, 6) is 0.382. The summed E-state index contributed by atoms with van der Waals surface area (Å²) in [5.41, 5.74) is 0.660. The number of aromatic nitrogens is 1. The minimum atomic E-state index is -0.0317. The number of anilines is 1. The van der Waals surface area contributed by atoms with Crippen molar-refractivity contribution in [2.45, 2.75) is 26.8 Å². The molecule has 5 heteroatoms. The summed E-state index contributed by atoms with van der Waals surface area (Å²) in [6, 6.07) is 3.17. The Bertz CT molecular complexity index is 510. The molecule has 19 heavy (non-hydrogen) atoms. The van der Waals surface area contributed by atoms with Crippen LogP contribution in [0.1, 0.15) is 20.3 Å². The molecule has 1 aliphatic rings. The second kappa shape index (κ2) is 6.02. The lowest BCUT2D eigenvalue weighted by atomic mass is 9.97. The summed E-state index contributed by atoms with van der Waals surface area (Å²) in [7, 11) is 0. The molecule has 2 heterocycles. The molecule has 1 fully saturated rings. The topological polar surface area (TPSA) is 63.1 Å². The van der Waals surface area contributed by atoms with Crippen molar-refractivity contribution in [1.29, 1.82) is 0 Å². The summed E-state index contributed by atoms with van der Waals surface area (Å²) in [4.78, 5) is 23.7. The number of pyridine rings is 1. The molecule has 0 spiro atoms. The van der Waals surface area contributed by atoms with Crippen molar-refractivity contribution in [3.05, 3.63) is 28.7 Å². The first-order valence-electron chi connectivity index (χ1n) is 6.84. The molecule has 1 amide bonds. The first-order valence-corrected chi connectivity index (χ1v) is 6.84. The van der Waals surface area contributed by atoms with E-state index in [2.05, 4.69) is 17.6 Å². The number of aryl methyl sites for hydroxylation is 1. The highest BCUT2D eigenvalue weighted by molar-refractivity contribution is 5.92. The molecular weight excluding hydrogens is 242 g/mol. The molecule has 104 valence electrons. The molecule has 5 nitrogen and oxygen atoms in total. The van der Waals surface area contributed by atoms with Crippen LogP contribution in [0.4, 0.5) is 5.69 Å².